The summed E-state index contributed by atoms with van der Waals surface area (Å²) in [6.07, 6.45) is 4.03. The summed E-state index contributed by atoms with van der Waals surface area (Å²) in [4.78, 5) is 33.8. The van der Waals surface area contributed by atoms with Gasteiger partial charge in [-0.2, -0.15) is 0 Å². The molecule has 1 saturated heterocycles. The van der Waals surface area contributed by atoms with Crippen LogP contribution in [0.5, 0.6) is 0 Å². The molecule has 3 heterocycles. The van der Waals surface area contributed by atoms with E-state index in [1.165, 1.54) is 0 Å². The number of aromatic nitrogens is 4. The third-order valence-electron chi connectivity index (χ3n) is 6.03. The first-order chi connectivity index (χ1) is 16.1. The minimum atomic E-state index is -0.0927. The number of carbonyl (C=O) groups excluding carboxylic acids is 2. The molecule has 0 aliphatic carbocycles. The van der Waals surface area contributed by atoms with Gasteiger partial charge in [-0.3, -0.25) is 14.3 Å². The lowest BCUT2D eigenvalue weighted by atomic mass is 9.97. The van der Waals surface area contributed by atoms with Crippen LogP contribution in [-0.2, 0) is 17.8 Å². The maximum Gasteiger partial charge on any atom is 0.276 e. The molecule has 33 heavy (non-hydrogen) atoms. The van der Waals surface area contributed by atoms with Gasteiger partial charge in [0.2, 0.25) is 5.91 Å². The SMILES string of the molecule is CCN(CC)C(=O)c1cn(C[C@H]2CCCN(C(=O)Cc3csc(-c4ccccc4)n3)C2)nn1. The Morgan fingerprint density at radius 3 is 2.73 bits per heavy atom. The van der Waals surface area contributed by atoms with Gasteiger partial charge in [-0.1, -0.05) is 35.5 Å². The first-order valence-corrected chi connectivity index (χ1v) is 12.4. The van der Waals surface area contributed by atoms with Crippen molar-refractivity contribution in [1.82, 2.24) is 29.8 Å². The van der Waals surface area contributed by atoms with E-state index in [0.717, 1.165) is 35.7 Å². The van der Waals surface area contributed by atoms with Gasteiger partial charge in [0, 0.05) is 43.7 Å². The standard InChI is InChI=1S/C24H30N6O2S/c1-3-28(4-2)24(32)21-16-30(27-26-21)15-18-9-8-12-29(14-18)22(31)13-20-17-33-23(25-20)19-10-6-5-7-11-19/h5-7,10-11,16-18H,3-4,8-9,12-15H2,1-2H3/t18-/m0/s1. The second-order valence-corrected chi connectivity index (χ2v) is 9.20. The van der Waals surface area contributed by atoms with Gasteiger partial charge in [0.15, 0.2) is 5.69 Å². The molecule has 174 valence electrons. The molecule has 1 aromatic carbocycles. The van der Waals surface area contributed by atoms with E-state index in [0.29, 0.717) is 38.3 Å². The van der Waals surface area contributed by atoms with Crippen LogP contribution < -0.4 is 0 Å². The lowest BCUT2D eigenvalue weighted by molar-refractivity contribution is -0.132. The van der Waals surface area contributed by atoms with Gasteiger partial charge in [-0.15, -0.1) is 16.4 Å². The van der Waals surface area contributed by atoms with Gasteiger partial charge in [0.25, 0.3) is 5.91 Å². The van der Waals surface area contributed by atoms with Crippen molar-refractivity contribution in [3.05, 3.63) is 53.3 Å². The van der Waals surface area contributed by atoms with Crippen LogP contribution >= 0.6 is 11.3 Å². The van der Waals surface area contributed by atoms with Crippen LogP contribution in [0.3, 0.4) is 0 Å². The van der Waals surface area contributed by atoms with E-state index < -0.39 is 0 Å². The van der Waals surface area contributed by atoms with Gasteiger partial charge >= 0.3 is 0 Å². The number of rotatable bonds is 8. The van der Waals surface area contributed by atoms with Gasteiger partial charge in [-0.25, -0.2) is 4.98 Å². The van der Waals surface area contributed by atoms with Crippen LogP contribution in [0.15, 0.2) is 41.9 Å². The molecule has 2 aromatic heterocycles. The number of nitrogens with zero attached hydrogens (tertiary/aromatic N) is 6. The molecule has 0 unspecified atom stereocenters. The Hall–Kier alpha value is -3.07. The third-order valence-corrected chi connectivity index (χ3v) is 6.97. The molecule has 1 atom stereocenters. The van der Waals surface area contributed by atoms with E-state index in [4.69, 9.17) is 0 Å². The molecule has 9 heteroatoms. The fourth-order valence-corrected chi connectivity index (χ4v) is 5.06. The molecule has 8 nitrogen and oxygen atoms in total. The maximum atomic E-state index is 13.0. The number of likely N-dealkylation sites (tertiary alicyclic amines) is 1. The highest BCUT2D eigenvalue weighted by atomic mass is 32.1. The van der Waals surface area contributed by atoms with Crippen molar-refractivity contribution in [2.75, 3.05) is 26.2 Å². The molecule has 0 bridgehead atoms. The molecule has 2 amide bonds. The molecule has 1 fully saturated rings. The average molecular weight is 467 g/mol. The normalized spacial score (nSPS) is 16.1. The van der Waals surface area contributed by atoms with Gasteiger partial charge < -0.3 is 9.80 Å². The highest BCUT2D eigenvalue weighted by Crippen LogP contribution is 2.24. The van der Waals surface area contributed by atoms with E-state index >= 15 is 0 Å². The van der Waals surface area contributed by atoms with E-state index in [2.05, 4.69) is 15.3 Å². The van der Waals surface area contributed by atoms with E-state index in [-0.39, 0.29) is 17.7 Å². The molecular formula is C24H30N6O2S. The summed E-state index contributed by atoms with van der Waals surface area (Å²) in [5, 5.41) is 11.1. The number of piperidine rings is 1. The van der Waals surface area contributed by atoms with E-state index in [1.54, 1.807) is 27.1 Å². The number of hydrogen-bond donors (Lipinski definition) is 0. The highest BCUT2D eigenvalue weighted by Gasteiger charge is 2.25. The van der Waals surface area contributed by atoms with Gasteiger partial charge in [0.1, 0.15) is 5.01 Å². The fraction of sp³-hybridized carbons (Fsp3) is 0.458. The van der Waals surface area contributed by atoms with Crippen molar-refractivity contribution in [3.8, 4) is 10.6 Å². The van der Waals surface area contributed by atoms with Crippen LogP contribution in [0, 0.1) is 5.92 Å². The Morgan fingerprint density at radius 2 is 1.97 bits per heavy atom. The molecule has 0 spiro atoms. The molecule has 1 aliphatic rings. The van der Waals surface area contributed by atoms with Crippen LogP contribution in [0.1, 0.15) is 42.9 Å². The summed E-state index contributed by atoms with van der Waals surface area (Å²) in [6.45, 7) is 7.31. The molecular weight excluding hydrogens is 436 g/mol. The monoisotopic (exact) mass is 466 g/mol. The predicted molar refractivity (Wildman–Crippen MR) is 128 cm³/mol. The number of thiazole rings is 1. The first-order valence-electron chi connectivity index (χ1n) is 11.5. The summed E-state index contributed by atoms with van der Waals surface area (Å²) in [5.74, 6) is 0.307. The Bertz CT molecular complexity index is 1080. The Balaban J connectivity index is 1.33. The molecule has 0 radical (unpaired) electrons. The maximum absolute atomic E-state index is 13.0. The van der Waals surface area contributed by atoms with Crippen LogP contribution in [0.25, 0.3) is 10.6 Å². The predicted octanol–water partition coefficient (Wildman–Crippen LogP) is 3.36. The number of hydrogen-bond acceptors (Lipinski definition) is 6. The van der Waals surface area contributed by atoms with Crippen LogP contribution in [0.4, 0.5) is 0 Å². The van der Waals surface area contributed by atoms with E-state index in [1.807, 2.05) is 54.5 Å². The summed E-state index contributed by atoms with van der Waals surface area (Å²) >= 11 is 1.57. The molecule has 0 N–H and O–H groups in total. The summed E-state index contributed by atoms with van der Waals surface area (Å²) in [6, 6.07) is 10.0. The molecule has 0 saturated carbocycles. The van der Waals surface area contributed by atoms with Crippen molar-refractivity contribution in [2.45, 2.75) is 39.7 Å². The Labute approximate surface area is 198 Å². The van der Waals surface area contributed by atoms with E-state index in [9.17, 15) is 9.59 Å². The minimum Gasteiger partial charge on any atom is -0.342 e. The number of amides is 2. The molecule has 1 aliphatic heterocycles. The summed E-state index contributed by atoms with van der Waals surface area (Å²) in [7, 11) is 0. The summed E-state index contributed by atoms with van der Waals surface area (Å²) < 4.78 is 1.74. The number of carbonyl (C=O) groups is 2. The van der Waals surface area contributed by atoms with Crippen molar-refractivity contribution < 1.29 is 9.59 Å². The smallest absolute Gasteiger partial charge is 0.276 e. The molecule has 4 rings (SSSR count). The first kappa shape index (κ1) is 23.1. The lowest BCUT2D eigenvalue weighted by Crippen LogP contribution is -2.41. The lowest BCUT2D eigenvalue weighted by Gasteiger charge is -2.32. The minimum absolute atomic E-state index is 0.0927. The van der Waals surface area contributed by atoms with Gasteiger partial charge in [0.05, 0.1) is 18.3 Å². The zero-order valence-electron chi connectivity index (χ0n) is 19.2. The van der Waals surface area contributed by atoms with Crippen LogP contribution in [-0.4, -0.2) is 67.8 Å². The fourth-order valence-electron chi connectivity index (χ4n) is 4.23. The summed E-state index contributed by atoms with van der Waals surface area (Å²) in [5.41, 5.74) is 2.27. The zero-order chi connectivity index (χ0) is 23.2. The number of benzene rings is 1. The van der Waals surface area contributed by atoms with Crippen molar-refractivity contribution in [1.29, 1.82) is 0 Å². The quantitative estimate of drug-likeness (QED) is 0.508. The highest BCUT2D eigenvalue weighted by molar-refractivity contribution is 7.13. The van der Waals surface area contributed by atoms with Crippen LogP contribution in [0.2, 0.25) is 0 Å². The topological polar surface area (TPSA) is 84.2 Å². The molecule has 3 aromatic rings. The Kier molecular flexibility index (Phi) is 7.49. The zero-order valence-corrected chi connectivity index (χ0v) is 20.0. The van der Waals surface area contributed by atoms with Gasteiger partial charge in [-0.05, 0) is 32.6 Å². The Morgan fingerprint density at radius 1 is 1.18 bits per heavy atom. The second kappa shape index (κ2) is 10.7. The van der Waals surface area contributed by atoms with Crippen molar-refractivity contribution in [2.24, 2.45) is 5.92 Å². The van der Waals surface area contributed by atoms with Crippen molar-refractivity contribution in [3.63, 3.8) is 0 Å². The average Bonchev–Trinajstić information content (AvgIpc) is 3.50. The third kappa shape index (κ3) is 5.65. The van der Waals surface area contributed by atoms with Crippen molar-refractivity contribution >= 4 is 23.2 Å². The largest absolute Gasteiger partial charge is 0.342 e. The second-order valence-electron chi connectivity index (χ2n) is 8.34.